The molecule has 2 aromatic heterocycles. The second-order valence-electron chi connectivity index (χ2n) is 5.89. The summed E-state index contributed by atoms with van der Waals surface area (Å²) in [5, 5.41) is 15.9. The molecule has 1 N–H and O–H groups in total. The van der Waals surface area contributed by atoms with Crippen molar-refractivity contribution in [3.63, 3.8) is 0 Å². The zero-order chi connectivity index (χ0) is 16.2. The summed E-state index contributed by atoms with van der Waals surface area (Å²) in [7, 11) is 0. The molecule has 8 heteroatoms. The number of thiazole rings is 1. The van der Waals surface area contributed by atoms with E-state index in [0.29, 0.717) is 12.4 Å². The molecule has 0 aromatic carbocycles. The Morgan fingerprint density at radius 2 is 2.30 bits per heavy atom. The Hall–Kier alpha value is -1.83. The third-order valence-corrected chi connectivity index (χ3v) is 5.34. The molecular formula is C15H22N6OS. The molecule has 7 nitrogen and oxygen atoms in total. The van der Waals surface area contributed by atoms with E-state index in [1.807, 2.05) is 6.92 Å². The minimum atomic E-state index is -0.254. The molecule has 0 saturated carbocycles. The van der Waals surface area contributed by atoms with Crippen LogP contribution in [0.25, 0.3) is 0 Å². The van der Waals surface area contributed by atoms with Crippen LogP contribution in [0.3, 0.4) is 0 Å². The van der Waals surface area contributed by atoms with Crippen LogP contribution in [0.15, 0.2) is 0 Å². The Kier molecular flexibility index (Phi) is 5.00. The minimum absolute atomic E-state index is 0.00721. The summed E-state index contributed by atoms with van der Waals surface area (Å²) in [6.45, 7) is 5.47. The third kappa shape index (κ3) is 3.57. The van der Waals surface area contributed by atoms with Crippen molar-refractivity contribution < 1.29 is 4.79 Å². The van der Waals surface area contributed by atoms with Gasteiger partial charge in [0.25, 0.3) is 0 Å². The molecule has 1 aliphatic heterocycles. The molecule has 23 heavy (non-hydrogen) atoms. The maximum atomic E-state index is 12.6. The number of fused-ring (bicyclic) bond motifs is 1. The second kappa shape index (κ2) is 7.16. The SMILES string of the molecule is CCCc1nc(C)c(CNC(=O)[C@@H]2CCCCn3nnnc32)s1. The lowest BCUT2D eigenvalue weighted by molar-refractivity contribution is -0.123. The lowest BCUT2D eigenvalue weighted by atomic mass is 10.0. The zero-order valence-electron chi connectivity index (χ0n) is 13.6. The number of carbonyl (C=O) groups excluding carboxylic acids is 1. The number of hydrogen-bond acceptors (Lipinski definition) is 6. The number of aryl methyl sites for hydroxylation is 3. The van der Waals surface area contributed by atoms with E-state index in [2.05, 4.69) is 32.7 Å². The van der Waals surface area contributed by atoms with Crippen LogP contribution in [0.4, 0.5) is 0 Å². The number of carbonyl (C=O) groups is 1. The van der Waals surface area contributed by atoms with Gasteiger partial charge in [0, 0.05) is 11.4 Å². The monoisotopic (exact) mass is 334 g/mol. The van der Waals surface area contributed by atoms with Gasteiger partial charge in [-0.25, -0.2) is 9.67 Å². The molecule has 0 spiro atoms. The molecule has 0 aliphatic carbocycles. The van der Waals surface area contributed by atoms with Crippen LogP contribution in [0.2, 0.25) is 0 Å². The van der Waals surface area contributed by atoms with Gasteiger partial charge in [-0.05, 0) is 43.0 Å². The first kappa shape index (κ1) is 16.0. The molecule has 0 saturated heterocycles. The number of aromatic nitrogens is 5. The maximum absolute atomic E-state index is 12.6. The van der Waals surface area contributed by atoms with Crippen LogP contribution >= 0.6 is 11.3 Å². The Balaban J connectivity index is 1.66. The summed E-state index contributed by atoms with van der Waals surface area (Å²) in [5.41, 5.74) is 1.02. The number of rotatable bonds is 5. The van der Waals surface area contributed by atoms with Crippen molar-refractivity contribution in [2.45, 2.75) is 65.0 Å². The molecule has 1 aliphatic rings. The standard InChI is InChI=1S/C15H22N6OS/c1-3-6-13-17-10(2)12(23-13)9-16-15(22)11-7-4-5-8-21-14(11)18-19-20-21/h11H,3-9H2,1-2H3,(H,16,22)/t11-/m1/s1. The van der Waals surface area contributed by atoms with Gasteiger partial charge in [-0.15, -0.1) is 16.4 Å². The maximum Gasteiger partial charge on any atom is 0.231 e. The van der Waals surface area contributed by atoms with Crippen molar-refractivity contribution in [3.05, 3.63) is 21.4 Å². The smallest absolute Gasteiger partial charge is 0.231 e. The molecule has 1 amide bonds. The van der Waals surface area contributed by atoms with E-state index in [1.54, 1.807) is 16.0 Å². The van der Waals surface area contributed by atoms with Crippen LogP contribution in [-0.2, 0) is 24.3 Å². The molecule has 124 valence electrons. The van der Waals surface area contributed by atoms with Gasteiger partial charge >= 0.3 is 0 Å². The lowest BCUT2D eigenvalue weighted by Crippen LogP contribution is -2.30. The van der Waals surface area contributed by atoms with Crippen LogP contribution in [0.5, 0.6) is 0 Å². The van der Waals surface area contributed by atoms with Gasteiger partial charge in [-0.2, -0.15) is 0 Å². The minimum Gasteiger partial charge on any atom is -0.351 e. The number of amides is 1. The van der Waals surface area contributed by atoms with Gasteiger partial charge in [-0.3, -0.25) is 4.79 Å². The van der Waals surface area contributed by atoms with Crippen LogP contribution in [0.1, 0.15) is 59.9 Å². The quantitative estimate of drug-likeness (QED) is 0.903. The van der Waals surface area contributed by atoms with E-state index in [0.717, 1.165) is 54.2 Å². The van der Waals surface area contributed by atoms with Crippen LogP contribution in [0, 0.1) is 6.92 Å². The average Bonchev–Trinajstić information content (AvgIpc) is 3.07. The van der Waals surface area contributed by atoms with E-state index in [9.17, 15) is 4.79 Å². The zero-order valence-corrected chi connectivity index (χ0v) is 14.4. The Morgan fingerprint density at radius 1 is 1.43 bits per heavy atom. The predicted octanol–water partition coefficient (Wildman–Crippen LogP) is 1.97. The molecule has 2 aromatic rings. The molecule has 0 fully saturated rings. The molecule has 1 atom stereocenters. The lowest BCUT2D eigenvalue weighted by Gasteiger charge is -2.13. The van der Waals surface area contributed by atoms with Crippen molar-refractivity contribution in [1.82, 2.24) is 30.5 Å². The van der Waals surface area contributed by atoms with E-state index in [4.69, 9.17) is 0 Å². The van der Waals surface area contributed by atoms with E-state index in [-0.39, 0.29) is 11.8 Å². The third-order valence-electron chi connectivity index (χ3n) is 4.12. The largest absolute Gasteiger partial charge is 0.351 e. The predicted molar refractivity (Wildman–Crippen MR) is 87.1 cm³/mol. The first-order chi connectivity index (χ1) is 11.2. The topological polar surface area (TPSA) is 85.6 Å². The summed E-state index contributed by atoms with van der Waals surface area (Å²) in [6, 6.07) is 0. The fraction of sp³-hybridized carbons (Fsp3) is 0.667. The van der Waals surface area contributed by atoms with Crippen LogP contribution < -0.4 is 5.32 Å². The first-order valence-corrected chi connectivity index (χ1v) is 8.99. The Labute approximate surface area is 139 Å². The van der Waals surface area contributed by atoms with Crippen LogP contribution in [-0.4, -0.2) is 31.1 Å². The van der Waals surface area contributed by atoms with Crippen molar-refractivity contribution in [2.24, 2.45) is 0 Å². The summed E-state index contributed by atoms with van der Waals surface area (Å²) in [4.78, 5) is 18.3. The summed E-state index contributed by atoms with van der Waals surface area (Å²) in [6.07, 6.45) is 4.90. The van der Waals surface area contributed by atoms with Crippen molar-refractivity contribution in [2.75, 3.05) is 0 Å². The molecule has 0 radical (unpaired) electrons. The highest BCUT2D eigenvalue weighted by molar-refractivity contribution is 7.11. The van der Waals surface area contributed by atoms with Gasteiger partial charge < -0.3 is 5.32 Å². The van der Waals surface area contributed by atoms with Gasteiger partial charge in [0.15, 0.2) is 5.82 Å². The summed E-state index contributed by atoms with van der Waals surface area (Å²) >= 11 is 1.69. The van der Waals surface area contributed by atoms with Gasteiger partial charge in [-0.1, -0.05) is 13.3 Å². The van der Waals surface area contributed by atoms with Crippen molar-refractivity contribution in [3.8, 4) is 0 Å². The highest BCUT2D eigenvalue weighted by Crippen LogP contribution is 2.25. The van der Waals surface area contributed by atoms with E-state index < -0.39 is 0 Å². The number of nitrogens with zero attached hydrogens (tertiary/aromatic N) is 5. The average molecular weight is 334 g/mol. The highest BCUT2D eigenvalue weighted by Gasteiger charge is 2.28. The fourth-order valence-electron chi connectivity index (χ4n) is 2.87. The summed E-state index contributed by atoms with van der Waals surface area (Å²) in [5.74, 6) is 0.441. The van der Waals surface area contributed by atoms with Crippen molar-refractivity contribution in [1.29, 1.82) is 0 Å². The second-order valence-corrected chi connectivity index (χ2v) is 7.06. The molecular weight excluding hydrogens is 312 g/mol. The number of tetrazole rings is 1. The molecule has 3 rings (SSSR count). The number of nitrogens with one attached hydrogen (secondary N) is 1. The number of hydrogen-bond donors (Lipinski definition) is 1. The van der Waals surface area contributed by atoms with E-state index >= 15 is 0 Å². The highest BCUT2D eigenvalue weighted by atomic mass is 32.1. The first-order valence-electron chi connectivity index (χ1n) is 8.18. The van der Waals surface area contributed by atoms with Crippen molar-refractivity contribution >= 4 is 17.2 Å². The Morgan fingerprint density at radius 3 is 3.13 bits per heavy atom. The Bertz CT molecular complexity index is 679. The van der Waals surface area contributed by atoms with E-state index in [1.165, 1.54) is 0 Å². The molecule has 0 unspecified atom stereocenters. The van der Waals surface area contributed by atoms with Gasteiger partial charge in [0.05, 0.1) is 23.2 Å². The fourth-order valence-corrected chi connectivity index (χ4v) is 3.98. The van der Waals surface area contributed by atoms with Gasteiger partial charge in [0.1, 0.15) is 0 Å². The molecule has 3 heterocycles. The normalized spacial score (nSPS) is 17.6. The summed E-state index contributed by atoms with van der Waals surface area (Å²) < 4.78 is 1.76. The molecule has 0 bridgehead atoms. The van der Waals surface area contributed by atoms with Gasteiger partial charge in [0.2, 0.25) is 5.91 Å².